The van der Waals surface area contributed by atoms with E-state index in [1.807, 2.05) is 0 Å². The van der Waals surface area contributed by atoms with Gasteiger partial charge in [0.1, 0.15) is 0 Å². The van der Waals surface area contributed by atoms with Gasteiger partial charge in [0, 0.05) is 25.7 Å². The summed E-state index contributed by atoms with van der Waals surface area (Å²) >= 11 is 0. The summed E-state index contributed by atoms with van der Waals surface area (Å²) in [6.07, 6.45) is 5.79. The molecule has 0 radical (unpaired) electrons. The van der Waals surface area contributed by atoms with E-state index in [1.54, 1.807) is 0 Å². The Labute approximate surface area is 151 Å². The van der Waals surface area contributed by atoms with Gasteiger partial charge in [-0.15, -0.1) is 0 Å². The summed E-state index contributed by atoms with van der Waals surface area (Å²) < 4.78 is 28.4. The summed E-state index contributed by atoms with van der Waals surface area (Å²) in [6.45, 7) is 5.36. The van der Waals surface area contributed by atoms with Gasteiger partial charge in [0.05, 0.1) is 11.5 Å². The standard InChI is InChI=1S/C18H32N2O4S/c21-18(17-4-10-24-11-5-17)19-13-15-1-7-20(8-2-15)9-3-16-6-12-25(22,23)14-16/h15-17H,1-14H2,(H,19,21). The van der Waals surface area contributed by atoms with Gasteiger partial charge in [0.2, 0.25) is 5.91 Å². The summed E-state index contributed by atoms with van der Waals surface area (Å²) in [5.74, 6) is 2.05. The van der Waals surface area contributed by atoms with E-state index in [0.29, 0.717) is 36.6 Å². The van der Waals surface area contributed by atoms with Gasteiger partial charge in [-0.05, 0) is 70.0 Å². The fraction of sp³-hybridized carbons (Fsp3) is 0.944. The maximum atomic E-state index is 12.2. The second-order valence-corrected chi connectivity index (χ2v) is 10.2. The first kappa shape index (κ1) is 19.1. The van der Waals surface area contributed by atoms with Crippen LogP contribution in [0.15, 0.2) is 0 Å². The second kappa shape index (κ2) is 8.82. The zero-order chi connectivity index (χ0) is 17.7. The zero-order valence-electron chi connectivity index (χ0n) is 15.1. The number of ether oxygens (including phenoxy) is 1. The molecular formula is C18H32N2O4S. The molecule has 1 N–H and O–H groups in total. The molecule has 144 valence electrons. The summed E-state index contributed by atoms with van der Waals surface area (Å²) in [5.41, 5.74) is 0. The third kappa shape index (κ3) is 5.93. The Kier molecular flexibility index (Phi) is 6.74. The highest BCUT2D eigenvalue weighted by molar-refractivity contribution is 7.91. The number of hydrogen-bond acceptors (Lipinski definition) is 5. The minimum Gasteiger partial charge on any atom is -0.381 e. The molecule has 25 heavy (non-hydrogen) atoms. The Morgan fingerprint density at radius 1 is 1.04 bits per heavy atom. The van der Waals surface area contributed by atoms with Crippen LogP contribution in [-0.4, -0.2) is 70.1 Å². The summed E-state index contributed by atoms with van der Waals surface area (Å²) in [6, 6.07) is 0. The molecule has 0 bridgehead atoms. The molecular weight excluding hydrogens is 340 g/mol. The molecule has 1 unspecified atom stereocenters. The topological polar surface area (TPSA) is 75.7 Å². The van der Waals surface area contributed by atoms with Crippen LogP contribution < -0.4 is 5.32 Å². The minimum atomic E-state index is -2.75. The molecule has 0 saturated carbocycles. The van der Waals surface area contributed by atoms with Crippen LogP contribution in [0.25, 0.3) is 0 Å². The molecule has 0 aromatic rings. The van der Waals surface area contributed by atoms with Crippen LogP contribution >= 0.6 is 0 Å². The fourth-order valence-electron chi connectivity index (χ4n) is 4.23. The smallest absolute Gasteiger partial charge is 0.223 e. The molecule has 0 aliphatic carbocycles. The highest BCUT2D eigenvalue weighted by Gasteiger charge is 2.29. The first-order chi connectivity index (χ1) is 12.0. The van der Waals surface area contributed by atoms with Crippen LogP contribution in [0.4, 0.5) is 0 Å². The summed E-state index contributed by atoms with van der Waals surface area (Å²) in [7, 11) is -2.75. The van der Waals surface area contributed by atoms with Crippen molar-refractivity contribution in [3.05, 3.63) is 0 Å². The van der Waals surface area contributed by atoms with E-state index in [0.717, 1.165) is 64.7 Å². The average Bonchev–Trinajstić information content (AvgIpc) is 2.98. The highest BCUT2D eigenvalue weighted by atomic mass is 32.2. The van der Waals surface area contributed by atoms with E-state index in [4.69, 9.17) is 4.74 Å². The molecule has 3 rings (SSSR count). The van der Waals surface area contributed by atoms with Crippen LogP contribution in [0.3, 0.4) is 0 Å². The molecule has 3 saturated heterocycles. The number of nitrogens with zero attached hydrogens (tertiary/aromatic N) is 1. The Balaban J connectivity index is 1.29. The van der Waals surface area contributed by atoms with Crippen LogP contribution in [0.5, 0.6) is 0 Å². The number of rotatable bonds is 6. The van der Waals surface area contributed by atoms with E-state index < -0.39 is 9.84 Å². The van der Waals surface area contributed by atoms with Gasteiger partial charge >= 0.3 is 0 Å². The van der Waals surface area contributed by atoms with Crippen molar-refractivity contribution in [2.45, 2.75) is 38.5 Å². The van der Waals surface area contributed by atoms with E-state index in [-0.39, 0.29) is 11.8 Å². The van der Waals surface area contributed by atoms with Crippen molar-refractivity contribution in [3.63, 3.8) is 0 Å². The molecule has 3 heterocycles. The van der Waals surface area contributed by atoms with Crippen molar-refractivity contribution in [3.8, 4) is 0 Å². The average molecular weight is 373 g/mol. The van der Waals surface area contributed by atoms with Crippen molar-refractivity contribution in [2.24, 2.45) is 17.8 Å². The number of hydrogen-bond donors (Lipinski definition) is 1. The monoisotopic (exact) mass is 372 g/mol. The van der Waals surface area contributed by atoms with Crippen LogP contribution in [0, 0.1) is 17.8 Å². The molecule has 1 amide bonds. The normalized spacial score (nSPS) is 28.9. The molecule has 0 aromatic heterocycles. The van der Waals surface area contributed by atoms with E-state index in [1.165, 1.54) is 0 Å². The first-order valence-corrected chi connectivity index (χ1v) is 11.6. The van der Waals surface area contributed by atoms with Gasteiger partial charge in [0.25, 0.3) is 0 Å². The SMILES string of the molecule is O=C(NCC1CCN(CCC2CCS(=O)(=O)C2)CC1)C1CCOCC1. The molecule has 0 spiro atoms. The Morgan fingerprint density at radius 3 is 2.40 bits per heavy atom. The summed E-state index contributed by atoms with van der Waals surface area (Å²) in [4.78, 5) is 14.6. The first-order valence-electron chi connectivity index (χ1n) is 9.80. The largest absolute Gasteiger partial charge is 0.381 e. The Morgan fingerprint density at radius 2 is 1.76 bits per heavy atom. The summed E-state index contributed by atoms with van der Waals surface area (Å²) in [5, 5.41) is 3.14. The van der Waals surface area contributed by atoms with Crippen molar-refractivity contribution in [1.82, 2.24) is 10.2 Å². The minimum absolute atomic E-state index is 0.136. The number of likely N-dealkylation sites (tertiary alicyclic amines) is 1. The van der Waals surface area contributed by atoms with Crippen molar-refractivity contribution < 1.29 is 17.9 Å². The van der Waals surface area contributed by atoms with Gasteiger partial charge in [-0.25, -0.2) is 8.42 Å². The van der Waals surface area contributed by atoms with E-state index in [2.05, 4.69) is 10.2 Å². The maximum absolute atomic E-state index is 12.2. The predicted octanol–water partition coefficient (Wildman–Crippen LogP) is 1.07. The third-order valence-corrected chi connectivity index (χ3v) is 7.88. The van der Waals surface area contributed by atoms with E-state index in [9.17, 15) is 13.2 Å². The lowest BCUT2D eigenvalue weighted by Gasteiger charge is -2.33. The van der Waals surface area contributed by atoms with Gasteiger partial charge in [-0.2, -0.15) is 0 Å². The number of nitrogens with one attached hydrogen (secondary N) is 1. The van der Waals surface area contributed by atoms with Crippen LogP contribution in [0.1, 0.15) is 38.5 Å². The van der Waals surface area contributed by atoms with Gasteiger partial charge in [0.15, 0.2) is 9.84 Å². The van der Waals surface area contributed by atoms with E-state index >= 15 is 0 Å². The molecule has 6 nitrogen and oxygen atoms in total. The number of carbonyl (C=O) groups excluding carboxylic acids is 1. The lowest BCUT2D eigenvalue weighted by Crippen LogP contribution is -2.41. The number of amides is 1. The number of piperidine rings is 1. The molecule has 3 aliphatic rings. The Hall–Kier alpha value is -0.660. The van der Waals surface area contributed by atoms with Crippen LogP contribution in [0.2, 0.25) is 0 Å². The van der Waals surface area contributed by atoms with Gasteiger partial charge in [-0.3, -0.25) is 4.79 Å². The lowest BCUT2D eigenvalue weighted by atomic mass is 9.95. The van der Waals surface area contributed by atoms with Crippen molar-refractivity contribution >= 4 is 15.7 Å². The second-order valence-electron chi connectivity index (χ2n) is 7.97. The van der Waals surface area contributed by atoms with Crippen molar-refractivity contribution in [2.75, 3.05) is 50.9 Å². The molecule has 3 aliphatic heterocycles. The molecule has 0 aromatic carbocycles. The number of carbonyl (C=O) groups is 1. The Bertz CT molecular complexity index is 537. The molecule has 3 fully saturated rings. The zero-order valence-corrected chi connectivity index (χ0v) is 15.9. The van der Waals surface area contributed by atoms with Crippen LogP contribution in [-0.2, 0) is 19.4 Å². The highest BCUT2D eigenvalue weighted by Crippen LogP contribution is 2.23. The fourth-order valence-corrected chi connectivity index (χ4v) is 6.14. The molecule has 7 heteroatoms. The predicted molar refractivity (Wildman–Crippen MR) is 97.1 cm³/mol. The molecule has 1 atom stereocenters. The third-order valence-electron chi connectivity index (χ3n) is 6.04. The number of sulfone groups is 1. The van der Waals surface area contributed by atoms with Gasteiger partial charge in [-0.1, -0.05) is 0 Å². The maximum Gasteiger partial charge on any atom is 0.223 e. The quantitative estimate of drug-likeness (QED) is 0.755. The lowest BCUT2D eigenvalue weighted by molar-refractivity contribution is -0.128. The van der Waals surface area contributed by atoms with Gasteiger partial charge < -0.3 is 15.0 Å². The van der Waals surface area contributed by atoms with Crippen molar-refractivity contribution in [1.29, 1.82) is 0 Å².